The molecule has 1 aliphatic rings. The standard InChI is InChI=1S/C19H29N5O/c1-4-5-10-20-19-22-12-16-17(23-19)15(11-21-18(16)24(2)3)13-6-8-14(25)9-7-13/h11-14,25H,4-10H2,1-3H3,(H,20,22,23). The van der Waals surface area contributed by atoms with Crippen LogP contribution < -0.4 is 10.2 Å². The van der Waals surface area contributed by atoms with E-state index in [0.717, 1.165) is 61.8 Å². The summed E-state index contributed by atoms with van der Waals surface area (Å²) in [7, 11) is 3.98. The van der Waals surface area contributed by atoms with Crippen LogP contribution in [0, 0.1) is 0 Å². The van der Waals surface area contributed by atoms with Gasteiger partial charge in [0.1, 0.15) is 5.82 Å². The molecule has 25 heavy (non-hydrogen) atoms. The van der Waals surface area contributed by atoms with Gasteiger partial charge in [0.15, 0.2) is 0 Å². The minimum atomic E-state index is -0.155. The van der Waals surface area contributed by atoms with Crippen LogP contribution in [-0.2, 0) is 0 Å². The normalized spacial score (nSPS) is 20.6. The largest absolute Gasteiger partial charge is 0.393 e. The number of unbranched alkanes of at least 4 members (excludes halogenated alkanes) is 1. The van der Waals surface area contributed by atoms with Crippen LogP contribution >= 0.6 is 0 Å². The first kappa shape index (κ1) is 17.9. The molecule has 6 nitrogen and oxygen atoms in total. The Morgan fingerprint density at radius 1 is 1.16 bits per heavy atom. The van der Waals surface area contributed by atoms with E-state index >= 15 is 0 Å². The van der Waals surface area contributed by atoms with Crippen molar-refractivity contribution in [2.75, 3.05) is 30.9 Å². The summed E-state index contributed by atoms with van der Waals surface area (Å²) < 4.78 is 0. The molecule has 0 atom stereocenters. The van der Waals surface area contributed by atoms with Gasteiger partial charge in [0.25, 0.3) is 0 Å². The van der Waals surface area contributed by atoms with E-state index in [1.54, 1.807) is 0 Å². The summed E-state index contributed by atoms with van der Waals surface area (Å²) >= 11 is 0. The molecule has 3 rings (SSSR count). The molecule has 0 radical (unpaired) electrons. The van der Waals surface area contributed by atoms with Crippen molar-refractivity contribution in [3.8, 4) is 0 Å². The van der Waals surface area contributed by atoms with Crippen molar-refractivity contribution in [2.45, 2.75) is 57.5 Å². The summed E-state index contributed by atoms with van der Waals surface area (Å²) in [5.41, 5.74) is 2.18. The molecule has 0 aliphatic heterocycles. The van der Waals surface area contributed by atoms with Crippen LogP contribution in [0.2, 0.25) is 0 Å². The molecule has 6 heteroatoms. The lowest BCUT2D eigenvalue weighted by atomic mass is 9.82. The number of fused-ring (bicyclic) bond motifs is 1. The van der Waals surface area contributed by atoms with E-state index in [2.05, 4.69) is 22.2 Å². The number of hydrogen-bond acceptors (Lipinski definition) is 6. The molecule has 0 aromatic carbocycles. The highest BCUT2D eigenvalue weighted by atomic mass is 16.3. The average Bonchev–Trinajstić information content (AvgIpc) is 2.61. The number of anilines is 2. The van der Waals surface area contributed by atoms with Crippen molar-refractivity contribution < 1.29 is 5.11 Å². The number of hydrogen-bond donors (Lipinski definition) is 2. The second kappa shape index (κ2) is 7.95. The van der Waals surface area contributed by atoms with Crippen molar-refractivity contribution in [3.63, 3.8) is 0 Å². The predicted molar refractivity (Wildman–Crippen MR) is 102 cm³/mol. The van der Waals surface area contributed by atoms with Gasteiger partial charge < -0.3 is 15.3 Å². The Morgan fingerprint density at radius 3 is 2.60 bits per heavy atom. The minimum absolute atomic E-state index is 0.155. The topological polar surface area (TPSA) is 74.2 Å². The Balaban J connectivity index is 1.99. The van der Waals surface area contributed by atoms with Crippen LogP contribution in [0.3, 0.4) is 0 Å². The third-order valence-electron chi connectivity index (χ3n) is 5.00. The number of aliphatic hydroxyl groups is 1. The van der Waals surface area contributed by atoms with E-state index in [9.17, 15) is 5.11 Å². The maximum absolute atomic E-state index is 9.81. The van der Waals surface area contributed by atoms with E-state index < -0.39 is 0 Å². The van der Waals surface area contributed by atoms with E-state index in [1.165, 1.54) is 5.56 Å². The Labute approximate surface area is 149 Å². The minimum Gasteiger partial charge on any atom is -0.393 e. The first-order valence-corrected chi connectivity index (χ1v) is 9.35. The summed E-state index contributed by atoms with van der Waals surface area (Å²) in [6.07, 6.45) is 9.64. The number of aromatic nitrogens is 3. The summed E-state index contributed by atoms with van der Waals surface area (Å²) in [5.74, 6) is 2.00. The molecule has 0 saturated heterocycles. The van der Waals surface area contributed by atoms with Crippen LogP contribution in [0.15, 0.2) is 12.4 Å². The third-order valence-corrected chi connectivity index (χ3v) is 5.00. The van der Waals surface area contributed by atoms with Gasteiger partial charge in [0, 0.05) is 38.6 Å². The highest BCUT2D eigenvalue weighted by Gasteiger charge is 2.24. The van der Waals surface area contributed by atoms with Crippen molar-refractivity contribution in [3.05, 3.63) is 18.0 Å². The fourth-order valence-electron chi connectivity index (χ4n) is 3.53. The van der Waals surface area contributed by atoms with Gasteiger partial charge in [-0.25, -0.2) is 15.0 Å². The molecule has 0 bridgehead atoms. The Hall–Kier alpha value is -1.95. The molecule has 0 amide bonds. The maximum Gasteiger partial charge on any atom is 0.223 e. The van der Waals surface area contributed by atoms with Gasteiger partial charge >= 0.3 is 0 Å². The van der Waals surface area contributed by atoms with Crippen molar-refractivity contribution in [2.24, 2.45) is 0 Å². The van der Waals surface area contributed by atoms with Crippen molar-refractivity contribution in [1.29, 1.82) is 0 Å². The number of nitrogens with zero attached hydrogens (tertiary/aromatic N) is 4. The zero-order valence-electron chi connectivity index (χ0n) is 15.5. The van der Waals surface area contributed by atoms with Crippen LogP contribution in [-0.4, -0.2) is 46.8 Å². The molecule has 0 unspecified atom stereocenters. The predicted octanol–water partition coefficient (Wildman–Crippen LogP) is 3.32. The summed E-state index contributed by atoms with van der Waals surface area (Å²) in [5, 5.41) is 14.1. The second-order valence-corrected chi connectivity index (χ2v) is 7.17. The molecule has 2 aromatic heterocycles. The Morgan fingerprint density at radius 2 is 1.92 bits per heavy atom. The highest BCUT2D eigenvalue weighted by molar-refractivity contribution is 5.91. The lowest BCUT2D eigenvalue weighted by Crippen LogP contribution is -2.18. The first-order valence-electron chi connectivity index (χ1n) is 9.35. The molecule has 136 valence electrons. The van der Waals surface area contributed by atoms with E-state index in [4.69, 9.17) is 4.98 Å². The van der Waals surface area contributed by atoms with Crippen LogP contribution in [0.5, 0.6) is 0 Å². The van der Waals surface area contributed by atoms with Gasteiger partial charge in [0.05, 0.1) is 17.0 Å². The van der Waals surface area contributed by atoms with Gasteiger partial charge in [-0.3, -0.25) is 0 Å². The quantitative estimate of drug-likeness (QED) is 0.784. The SMILES string of the molecule is CCCCNc1ncc2c(N(C)C)ncc(C3CCC(O)CC3)c2n1. The van der Waals surface area contributed by atoms with Gasteiger partial charge in [-0.05, 0) is 38.0 Å². The number of rotatable bonds is 6. The second-order valence-electron chi connectivity index (χ2n) is 7.17. The monoisotopic (exact) mass is 343 g/mol. The molecule has 0 spiro atoms. The Bertz CT molecular complexity index is 710. The van der Waals surface area contributed by atoms with Gasteiger partial charge in [0.2, 0.25) is 5.95 Å². The fraction of sp³-hybridized carbons (Fsp3) is 0.632. The van der Waals surface area contributed by atoms with Crippen molar-refractivity contribution in [1.82, 2.24) is 15.0 Å². The maximum atomic E-state index is 9.81. The smallest absolute Gasteiger partial charge is 0.223 e. The highest BCUT2D eigenvalue weighted by Crippen LogP contribution is 2.37. The van der Waals surface area contributed by atoms with Gasteiger partial charge in [-0.2, -0.15) is 0 Å². The number of pyridine rings is 1. The average molecular weight is 343 g/mol. The lowest BCUT2D eigenvalue weighted by molar-refractivity contribution is 0.122. The summed E-state index contributed by atoms with van der Waals surface area (Å²) in [4.78, 5) is 16.0. The molecule has 2 aromatic rings. The summed E-state index contributed by atoms with van der Waals surface area (Å²) in [6.45, 7) is 3.06. The lowest BCUT2D eigenvalue weighted by Gasteiger charge is -2.27. The van der Waals surface area contributed by atoms with E-state index in [0.29, 0.717) is 11.9 Å². The van der Waals surface area contributed by atoms with Crippen LogP contribution in [0.1, 0.15) is 56.9 Å². The molecule has 2 N–H and O–H groups in total. The molecular formula is C19H29N5O. The third kappa shape index (κ3) is 4.00. The zero-order chi connectivity index (χ0) is 17.8. The number of nitrogens with one attached hydrogen (secondary N) is 1. The summed E-state index contributed by atoms with van der Waals surface area (Å²) in [6, 6.07) is 0. The van der Waals surface area contributed by atoms with Crippen LogP contribution in [0.25, 0.3) is 10.9 Å². The molecular weight excluding hydrogens is 314 g/mol. The van der Waals surface area contributed by atoms with E-state index in [1.807, 2.05) is 31.4 Å². The molecule has 1 fully saturated rings. The molecule has 2 heterocycles. The zero-order valence-corrected chi connectivity index (χ0v) is 15.5. The van der Waals surface area contributed by atoms with Crippen molar-refractivity contribution >= 4 is 22.7 Å². The Kier molecular flexibility index (Phi) is 5.68. The van der Waals surface area contributed by atoms with Crippen LogP contribution in [0.4, 0.5) is 11.8 Å². The van der Waals surface area contributed by atoms with E-state index in [-0.39, 0.29) is 6.10 Å². The van der Waals surface area contributed by atoms with Gasteiger partial charge in [-0.15, -0.1) is 0 Å². The van der Waals surface area contributed by atoms with Gasteiger partial charge in [-0.1, -0.05) is 13.3 Å². The number of aliphatic hydroxyl groups excluding tert-OH is 1. The molecule has 1 saturated carbocycles. The first-order chi connectivity index (χ1) is 12.1. The fourth-order valence-corrected chi connectivity index (χ4v) is 3.53. The molecule has 1 aliphatic carbocycles.